The molecule has 2 heterocycles. The third-order valence-corrected chi connectivity index (χ3v) is 5.91. The molecule has 1 spiro atoms. The Morgan fingerprint density at radius 1 is 1.19 bits per heavy atom. The summed E-state index contributed by atoms with van der Waals surface area (Å²) < 4.78 is 50.8. The van der Waals surface area contributed by atoms with Crippen LogP contribution in [0, 0.1) is 0 Å². The molecule has 0 bridgehead atoms. The second-order valence-corrected chi connectivity index (χ2v) is 7.67. The molecule has 0 aliphatic carbocycles. The van der Waals surface area contributed by atoms with Gasteiger partial charge in [-0.1, -0.05) is 12.1 Å². The lowest BCUT2D eigenvalue weighted by Crippen LogP contribution is -2.53. The monoisotopic (exact) mass is 447 g/mol. The molecule has 168 valence electrons. The number of amides is 1. The maximum atomic E-state index is 13.3. The number of ketones is 1. The van der Waals surface area contributed by atoms with Crippen molar-refractivity contribution in [3.63, 3.8) is 0 Å². The molecule has 1 fully saturated rings. The first-order valence-electron chi connectivity index (χ1n) is 9.92. The van der Waals surface area contributed by atoms with Gasteiger partial charge in [-0.2, -0.15) is 13.2 Å². The Bertz CT molecular complexity index is 1100. The third kappa shape index (κ3) is 3.57. The van der Waals surface area contributed by atoms with Crippen molar-refractivity contribution in [2.24, 2.45) is 0 Å². The fourth-order valence-electron chi connectivity index (χ4n) is 4.22. The number of para-hydroxylation sites is 1. The molecule has 9 heteroatoms. The van der Waals surface area contributed by atoms with E-state index in [0.717, 1.165) is 25.5 Å². The zero-order chi connectivity index (χ0) is 23.1. The smallest absolute Gasteiger partial charge is 0.419 e. The van der Waals surface area contributed by atoms with E-state index >= 15 is 0 Å². The number of methoxy groups -OCH3 is 1. The van der Waals surface area contributed by atoms with Gasteiger partial charge in [-0.15, -0.1) is 0 Å². The van der Waals surface area contributed by atoms with E-state index in [4.69, 9.17) is 9.47 Å². The van der Waals surface area contributed by atoms with Crippen LogP contribution < -0.4 is 9.47 Å². The lowest BCUT2D eigenvalue weighted by molar-refractivity contribution is -0.138. The molecule has 1 amide bonds. The highest BCUT2D eigenvalue weighted by Crippen LogP contribution is 2.43. The summed E-state index contributed by atoms with van der Waals surface area (Å²) in [5.74, 6) is -0.880. The minimum atomic E-state index is -4.67. The van der Waals surface area contributed by atoms with Crippen LogP contribution >= 0.6 is 0 Å². The number of piperidine rings is 1. The van der Waals surface area contributed by atoms with E-state index in [2.05, 4.69) is 0 Å². The Morgan fingerprint density at radius 2 is 1.88 bits per heavy atom. The molecule has 0 unspecified atom stereocenters. The fraction of sp³-hybridized carbons (Fsp3) is 0.304. The second-order valence-electron chi connectivity index (χ2n) is 7.67. The summed E-state index contributed by atoms with van der Waals surface area (Å²) in [6.45, 7) is 0.276. The highest BCUT2D eigenvalue weighted by molar-refractivity contribution is 6.12. The van der Waals surface area contributed by atoms with Crippen molar-refractivity contribution in [2.45, 2.75) is 24.6 Å². The average Bonchev–Trinajstić information content (AvgIpc) is 2.78. The molecule has 32 heavy (non-hydrogen) atoms. The topological polar surface area (TPSA) is 76.1 Å². The molecule has 4 rings (SSSR count). The van der Waals surface area contributed by atoms with Gasteiger partial charge in [0.05, 0.1) is 30.1 Å². The van der Waals surface area contributed by atoms with Crippen LogP contribution in [0.15, 0.2) is 54.3 Å². The molecular formula is C23H20F3NO5. The molecule has 0 aromatic heterocycles. The van der Waals surface area contributed by atoms with E-state index < -0.39 is 23.2 Å². The summed E-state index contributed by atoms with van der Waals surface area (Å²) >= 11 is 0. The molecule has 1 N–H and O–H groups in total. The highest BCUT2D eigenvalue weighted by Gasteiger charge is 2.48. The number of ether oxygens (including phenoxy) is 2. The van der Waals surface area contributed by atoms with Gasteiger partial charge in [-0.3, -0.25) is 9.59 Å². The number of hydrogen-bond acceptors (Lipinski definition) is 5. The van der Waals surface area contributed by atoms with E-state index in [1.54, 1.807) is 24.3 Å². The molecule has 2 aromatic carbocycles. The number of fused-ring (bicyclic) bond motifs is 1. The van der Waals surface area contributed by atoms with Crippen molar-refractivity contribution >= 4 is 11.7 Å². The molecule has 1 saturated heterocycles. The van der Waals surface area contributed by atoms with E-state index in [-0.39, 0.29) is 48.6 Å². The minimum absolute atomic E-state index is 0.104. The number of likely N-dealkylation sites (tertiary alicyclic amines) is 1. The van der Waals surface area contributed by atoms with Crippen molar-refractivity contribution in [3.8, 4) is 11.5 Å². The van der Waals surface area contributed by atoms with Crippen LogP contribution in [-0.2, 0) is 6.18 Å². The number of rotatable bonds is 2. The predicted molar refractivity (Wildman–Crippen MR) is 108 cm³/mol. The quantitative estimate of drug-likeness (QED) is 0.545. The number of alkyl halides is 3. The SMILES string of the molecule is COc1ccc(C(=O)N2CCC3(CC2)Oc2ccccc2C(=O)C3=CO)cc1C(F)(F)F. The van der Waals surface area contributed by atoms with E-state index in [1.165, 1.54) is 11.0 Å². The molecular weight excluding hydrogens is 427 g/mol. The number of nitrogens with zero attached hydrogens (tertiary/aromatic N) is 1. The molecule has 2 aliphatic heterocycles. The van der Waals surface area contributed by atoms with Crippen LogP contribution in [0.3, 0.4) is 0 Å². The van der Waals surface area contributed by atoms with Crippen LogP contribution in [-0.4, -0.2) is 47.5 Å². The van der Waals surface area contributed by atoms with Crippen molar-refractivity contribution in [3.05, 3.63) is 71.0 Å². The van der Waals surface area contributed by atoms with E-state index in [9.17, 15) is 27.9 Å². The summed E-state index contributed by atoms with van der Waals surface area (Å²) in [5.41, 5.74) is -1.80. The van der Waals surface area contributed by atoms with Crippen LogP contribution in [0.4, 0.5) is 13.2 Å². The third-order valence-electron chi connectivity index (χ3n) is 5.91. The van der Waals surface area contributed by atoms with Gasteiger partial charge < -0.3 is 19.5 Å². The molecule has 0 saturated carbocycles. The number of hydrogen-bond donors (Lipinski definition) is 1. The first kappa shape index (κ1) is 21.7. The zero-order valence-corrected chi connectivity index (χ0v) is 17.1. The Morgan fingerprint density at radius 3 is 2.50 bits per heavy atom. The Kier molecular flexibility index (Phi) is 5.36. The van der Waals surface area contributed by atoms with Crippen LogP contribution in [0.5, 0.6) is 11.5 Å². The second kappa shape index (κ2) is 7.89. The van der Waals surface area contributed by atoms with Crippen LogP contribution in [0.1, 0.15) is 39.1 Å². The zero-order valence-electron chi connectivity index (χ0n) is 17.1. The predicted octanol–water partition coefficient (Wildman–Crippen LogP) is 4.41. The van der Waals surface area contributed by atoms with E-state index in [1.807, 2.05) is 0 Å². The highest BCUT2D eigenvalue weighted by atomic mass is 19.4. The summed E-state index contributed by atoms with van der Waals surface area (Å²) in [6.07, 6.45) is -3.52. The number of carbonyl (C=O) groups excluding carboxylic acids is 2. The van der Waals surface area contributed by atoms with Gasteiger partial charge in [0.25, 0.3) is 5.91 Å². The first-order chi connectivity index (χ1) is 15.2. The van der Waals surface area contributed by atoms with E-state index in [0.29, 0.717) is 11.3 Å². The van der Waals surface area contributed by atoms with Crippen LogP contribution in [0.25, 0.3) is 0 Å². The van der Waals surface area contributed by atoms with Gasteiger partial charge >= 0.3 is 6.18 Å². The largest absolute Gasteiger partial charge is 0.515 e. The number of benzene rings is 2. The van der Waals surface area contributed by atoms with Crippen molar-refractivity contribution in [1.29, 1.82) is 0 Å². The number of halogens is 3. The van der Waals surface area contributed by atoms with Crippen LogP contribution in [0.2, 0.25) is 0 Å². The van der Waals surface area contributed by atoms with Gasteiger partial charge in [0.15, 0.2) is 5.78 Å². The lowest BCUT2D eigenvalue weighted by atomic mass is 9.78. The molecule has 2 aromatic rings. The molecule has 6 nitrogen and oxygen atoms in total. The first-order valence-corrected chi connectivity index (χ1v) is 9.92. The van der Waals surface area contributed by atoms with Gasteiger partial charge in [0.1, 0.15) is 17.1 Å². The molecule has 2 aliphatic rings. The standard InChI is InChI=1S/C23H20F3NO5/c1-31-19-7-6-14(12-16(19)23(24,25)26)21(30)27-10-8-22(9-11-27)17(13-28)20(29)15-4-2-3-5-18(15)32-22/h2-7,12-13,28H,8-11H2,1H3. The van der Waals surface area contributed by atoms with Crippen molar-refractivity contribution < 1.29 is 37.3 Å². The average molecular weight is 447 g/mol. The lowest BCUT2D eigenvalue weighted by Gasteiger charge is -2.44. The number of carbonyl (C=O) groups is 2. The molecule has 0 atom stereocenters. The van der Waals surface area contributed by atoms with Crippen molar-refractivity contribution in [1.82, 2.24) is 4.90 Å². The summed E-state index contributed by atoms with van der Waals surface area (Å²) in [4.78, 5) is 27.2. The van der Waals surface area contributed by atoms with Gasteiger partial charge in [0.2, 0.25) is 0 Å². The van der Waals surface area contributed by atoms with Crippen molar-refractivity contribution in [2.75, 3.05) is 20.2 Å². The molecule has 0 radical (unpaired) electrons. The Balaban J connectivity index is 1.57. The Hall–Kier alpha value is -3.49. The van der Waals surface area contributed by atoms with Gasteiger partial charge in [0, 0.05) is 31.5 Å². The summed E-state index contributed by atoms with van der Waals surface area (Å²) in [6, 6.07) is 9.88. The number of Topliss-reactive ketones (excluding diaryl/α,β-unsaturated/α-hetero) is 1. The normalized spacial score (nSPS) is 18.9. The maximum Gasteiger partial charge on any atom is 0.419 e. The maximum absolute atomic E-state index is 13.3. The minimum Gasteiger partial charge on any atom is -0.515 e. The number of aliphatic hydroxyl groups is 1. The van der Waals surface area contributed by atoms with Gasteiger partial charge in [-0.25, -0.2) is 0 Å². The number of aliphatic hydroxyl groups excluding tert-OH is 1. The van der Waals surface area contributed by atoms with Gasteiger partial charge in [-0.05, 0) is 30.3 Å². The Labute approximate surface area is 181 Å². The summed E-state index contributed by atoms with van der Waals surface area (Å²) in [7, 11) is 1.13. The fourth-order valence-corrected chi connectivity index (χ4v) is 4.22. The summed E-state index contributed by atoms with van der Waals surface area (Å²) in [5, 5.41) is 9.75.